The first kappa shape index (κ1) is 11.4. The monoisotopic (exact) mass is 218 g/mol. The summed E-state index contributed by atoms with van der Waals surface area (Å²) >= 11 is 0. The van der Waals surface area contributed by atoms with Crippen LogP contribution in [0.5, 0.6) is 0 Å². The van der Waals surface area contributed by atoms with Crippen LogP contribution in [0.3, 0.4) is 0 Å². The molecule has 1 N–H and O–H groups in total. The summed E-state index contributed by atoms with van der Waals surface area (Å²) in [6.45, 7) is 1.83. The van der Waals surface area contributed by atoms with Crippen molar-refractivity contribution < 1.29 is 30.3 Å². The zero-order valence-electron chi connectivity index (χ0n) is 4.98. The third-order valence-corrected chi connectivity index (χ3v) is 0.542. The molecule has 0 aliphatic heterocycles. The van der Waals surface area contributed by atoms with Gasteiger partial charge in [0.1, 0.15) is 0 Å². The molecule has 0 aromatic carbocycles. The smallest absolute Gasteiger partial charge is 0.328 e. The predicted octanol–water partition coefficient (Wildman–Crippen LogP) is 1.20. The van der Waals surface area contributed by atoms with Crippen LogP contribution in [0, 0.1) is 0 Å². The Morgan fingerprint density at radius 1 is 1.44 bits per heavy atom. The molecule has 0 saturated heterocycles. The van der Waals surface area contributed by atoms with Crippen molar-refractivity contribution in [3.05, 3.63) is 24.3 Å². The summed E-state index contributed by atoms with van der Waals surface area (Å²) in [4.78, 5) is 9.75. The van der Waals surface area contributed by atoms with Crippen molar-refractivity contribution in [3.63, 3.8) is 0 Å². The van der Waals surface area contributed by atoms with Crippen LogP contribution in [-0.4, -0.2) is 11.1 Å². The summed E-state index contributed by atoms with van der Waals surface area (Å²) < 4.78 is 0. The predicted molar refractivity (Wildman–Crippen MR) is 31.6 cm³/mol. The summed E-state index contributed by atoms with van der Waals surface area (Å²) in [7, 11) is 0. The van der Waals surface area contributed by atoms with Gasteiger partial charge < -0.3 is 5.11 Å². The topological polar surface area (TPSA) is 37.3 Å². The van der Waals surface area contributed by atoms with E-state index >= 15 is 0 Å². The molecule has 0 aromatic rings. The Balaban J connectivity index is 0. The zero-order valence-corrected chi connectivity index (χ0v) is 6.54. The molecule has 0 rings (SSSR count). The maximum Gasteiger partial charge on any atom is 0.328 e. The first-order chi connectivity index (χ1) is 3.77. The minimum absolute atomic E-state index is 0. The van der Waals surface area contributed by atoms with Crippen molar-refractivity contribution in [1.82, 2.24) is 0 Å². The van der Waals surface area contributed by atoms with Gasteiger partial charge in [-0.05, 0) is 6.92 Å². The van der Waals surface area contributed by atoms with Gasteiger partial charge in [0.05, 0.1) is 0 Å². The first-order valence-electron chi connectivity index (χ1n) is 2.29. The number of hydrogen-bond donors (Lipinski definition) is 1. The standard InChI is InChI=1S/C6H8O2.Pd/c1-2-3-4-5-6(7)8;/h2-5H,1H3,(H,7,8);/b3-2+,5-4+;. The van der Waals surface area contributed by atoms with Crippen LogP contribution in [-0.2, 0) is 25.2 Å². The number of carbonyl (C=O) groups is 1. The van der Waals surface area contributed by atoms with Crippen LogP contribution >= 0.6 is 0 Å². The Labute approximate surface area is 67.9 Å². The van der Waals surface area contributed by atoms with Crippen molar-refractivity contribution in [2.24, 2.45) is 0 Å². The molecule has 0 aliphatic carbocycles. The molecule has 0 unspecified atom stereocenters. The minimum Gasteiger partial charge on any atom is -0.478 e. The van der Waals surface area contributed by atoms with Gasteiger partial charge in [0.2, 0.25) is 0 Å². The number of carboxylic acids is 1. The molecule has 0 heterocycles. The van der Waals surface area contributed by atoms with Crippen molar-refractivity contribution in [2.45, 2.75) is 6.92 Å². The SMILES string of the molecule is C/C=C/C=C/C(=O)O.[Pd]. The molecule has 0 radical (unpaired) electrons. The van der Waals surface area contributed by atoms with Gasteiger partial charge in [0.25, 0.3) is 0 Å². The van der Waals surface area contributed by atoms with Crippen LogP contribution < -0.4 is 0 Å². The summed E-state index contributed by atoms with van der Waals surface area (Å²) in [5, 5.41) is 8.02. The van der Waals surface area contributed by atoms with Crippen LogP contribution in [0.2, 0.25) is 0 Å². The Hall–Kier alpha value is -0.388. The molecule has 9 heavy (non-hydrogen) atoms. The number of rotatable bonds is 2. The average molecular weight is 219 g/mol. The van der Waals surface area contributed by atoms with Gasteiger partial charge in [-0.25, -0.2) is 4.79 Å². The number of allylic oxidation sites excluding steroid dienone is 3. The average Bonchev–Trinajstić information content (AvgIpc) is 1.66. The van der Waals surface area contributed by atoms with Crippen molar-refractivity contribution in [2.75, 3.05) is 0 Å². The molecule has 3 heteroatoms. The summed E-state index contributed by atoms with van der Waals surface area (Å²) in [5.41, 5.74) is 0. The molecular formula is C6H8O2Pd. The zero-order chi connectivity index (χ0) is 6.41. The maximum absolute atomic E-state index is 9.75. The third kappa shape index (κ3) is 11.3. The van der Waals surface area contributed by atoms with Crippen LogP contribution in [0.4, 0.5) is 0 Å². The normalized spacial score (nSPS) is 9.89. The summed E-state index contributed by atoms with van der Waals surface area (Å²) in [5.74, 6) is -0.914. The number of aliphatic carboxylic acids is 1. The molecule has 0 bridgehead atoms. The molecule has 0 atom stereocenters. The molecule has 0 saturated carbocycles. The first-order valence-corrected chi connectivity index (χ1v) is 2.29. The minimum atomic E-state index is -0.914. The van der Waals surface area contributed by atoms with Gasteiger partial charge in [-0.2, -0.15) is 0 Å². The van der Waals surface area contributed by atoms with E-state index in [9.17, 15) is 4.79 Å². The third-order valence-electron chi connectivity index (χ3n) is 0.542. The van der Waals surface area contributed by atoms with Gasteiger partial charge in [-0.15, -0.1) is 0 Å². The van der Waals surface area contributed by atoms with Gasteiger partial charge >= 0.3 is 5.97 Å². The van der Waals surface area contributed by atoms with E-state index in [1.54, 1.807) is 12.2 Å². The molecule has 0 aliphatic rings. The van der Waals surface area contributed by atoms with Crippen LogP contribution in [0.25, 0.3) is 0 Å². The number of carboxylic acid groups (broad SMARTS) is 1. The van der Waals surface area contributed by atoms with Crippen molar-refractivity contribution >= 4 is 5.97 Å². The van der Waals surface area contributed by atoms with E-state index in [0.29, 0.717) is 0 Å². The second-order valence-electron chi connectivity index (χ2n) is 1.22. The Kier molecular flexibility index (Phi) is 9.65. The van der Waals surface area contributed by atoms with Gasteiger partial charge in [0, 0.05) is 26.5 Å². The van der Waals surface area contributed by atoms with E-state index in [0.717, 1.165) is 6.08 Å². The van der Waals surface area contributed by atoms with Crippen LogP contribution in [0.15, 0.2) is 24.3 Å². The second kappa shape index (κ2) is 7.61. The largest absolute Gasteiger partial charge is 0.478 e. The van der Waals surface area contributed by atoms with Gasteiger partial charge in [-0.1, -0.05) is 18.2 Å². The van der Waals surface area contributed by atoms with E-state index in [2.05, 4.69) is 0 Å². The Bertz CT molecular complexity index is 127. The second-order valence-corrected chi connectivity index (χ2v) is 1.22. The molecule has 0 aromatic heterocycles. The number of hydrogen-bond acceptors (Lipinski definition) is 1. The Morgan fingerprint density at radius 3 is 2.33 bits per heavy atom. The van der Waals surface area contributed by atoms with Gasteiger partial charge in [0.15, 0.2) is 0 Å². The van der Waals surface area contributed by atoms with Crippen molar-refractivity contribution in [3.8, 4) is 0 Å². The fourth-order valence-corrected chi connectivity index (χ4v) is 0.249. The van der Waals surface area contributed by atoms with E-state index in [4.69, 9.17) is 5.11 Å². The molecule has 2 nitrogen and oxygen atoms in total. The van der Waals surface area contributed by atoms with E-state index < -0.39 is 5.97 Å². The quantitative estimate of drug-likeness (QED) is 0.430. The molecular weight excluding hydrogens is 210 g/mol. The van der Waals surface area contributed by atoms with E-state index in [-0.39, 0.29) is 20.4 Å². The van der Waals surface area contributed by atoms with Crippen molar-refractivity contribution in [1.29, 1.82) is 0 Å². The van der Waals surface area contributed by atoms with E-state index in [1.807, 2.05) is 6.92 Å². The summed E-state index contributed by atoms with van der Waals surface area (Å²) in [6.07, 6.45) is 5.98. The molecule has 0 amide bonds. The molecule has 0 spiro atoms. The molecule has 0 fully saturated rings. The van der Waals surface area contributed by atoms with E-state index in [1.165, 1.54) is 6.08 Å². The maximum atomic E-state index is 9.75. The fraction of sp³-hybridized carbons (Fsp3) is 0.167. The van der Waals surface area contributed by atoms with Gasteiger partial charge in [-0.3, -0.25) is 0 Å². The fourth-order valence-electron chi connectivity index (χ4n) is 0.249. The summed E-state index contributed by atoms with van der Waals surface area (Å²) in [6, 6.07) is 0. The van der Waals surface area contributed by atoms with Crippen LogP contribution in [0.1, 0.15) is 6.92 Å². The Morgan fingerprint density at radius 2 is 2.00 bits per heavy atom. The molecule has 54 valence electrons.